The van der Waals surface area contributed by atoms with Crippen LogP contribution in [0.1, 0.15) is 19.4 Å². The SMILES string of the molecule is CCNC(C)(C(=O)O)c1c(F)cccc1OC. The summed E-state index contributed by atoms with van der Waals surface area (Å²) in [6, 6.07) is 4.24. The van der Waals surface area contributed by atoms with Crippen molar-refractivity contribution in [1.82, 2.24) is 5.32 Å². The number of nitrogens with one attached hydrogen (secondary N) is 1. The van der Waals surface area contributed by atoms with Crippen molar-refractivity contribution in [3.05, 3.63) is 29.6 Å². The van der Waals surface area contributed by atoms with Gasteiger partial charge in [-0.1, -0.05) is 13.0 Å². The second-order valence-corrected chi connectivity index (χ2v) is 3.78. The van der Waals surface area contributed by atoms with Gasteiger partial charge in [0.1, 0.15) is 17.1 Å². The van der Waals surface area contributed by atoms with Gasteiger partial charge in [-0.05, 0) is 25.6 Å². The molecule has 4 nitrogen and oxygen atoms in total. The number of hydrogen-bond acceptors (Lipinski definition) is 3. The molecule has 0 bridgehead atoms. The lowest BCUT2D eigenvalue weighted by molar-refractivity contribution is -0.144. The van der Waals surface area contributed by atoms with Gasteiger partial charge in [-0.2, -0.15) is 0 Å². The van der Waals surface area contributed by atoms with Crippen LogP contribution in [0.25, 0.3) is 0 Å². The first-order valence-corrected chi connectivity index (χ1v) is 5.28. The molecule has 0 amide bonds. The molecule has 17 heavy (non-hydrogen) atoms. The number of hydrogen-bond donors (Lipinski definition) is 2. The van der Waals surface area contributed by atoms with E-state index >= 15 is 0 Å². The number of aliphatic carboxylic acids is 1. The van der Waals surface area contributed by atoms with Gasteiger partial charge in [-0.15, -0.1) is 0 Å². The summed E-state index contributed by atoms with van der Waals surface area (Å²) in [5.41, 5.74) is -1.50. The molecule has 1 atom stereocenters. The van der Waals surface area contributed by atoms with E-state index in [0.717, 1.165) is 0 Å². The Morgan fingerprint density at radius 3 is 2.71 bits per heavy atom. The summed E-state index contributed by atoms with van der Waals surface area (Å²) in [7, 11) is 1.38. The third kappa shape index (κ3) is 2.39. The van der Waals surface area contributed by atoms with E-state index in [1.165, 1.54) is 32.2 Å². The maximum absolute atomic E-state index is 13.8. The van der Waals surface area contributed by atoms with Crippen molar-refractivity contribution in [2.75, 3.05) is 13.7 Å². The van der Waals surface area contributed by atoms with Crippen LogP contribution < -0.4 is 10.1 Å². The van der Waals surface area contributed by atoms with Gasteiger partial charge in [0.05, 0.1) is 12.7 Å². The first-order chi connectivity index (χ1) is 7.97. The van der Waals surface area contributed by atoms with E-state index < -0.39 is 17.3 Å². The lowest BCUT2D eigenvalue weighted by Gasteiger charge is -2.28. The minimum absolute atomic E-state index is 0.0110. The van der Waals surface area contributed by atoms with Crippen molar-refractivity contribution in [3.63, 3.8) is 0 Å². The first kappa shape index (κ1) is 13.4. The molecule has 94 valence electrons. The summed E-state index contributed by atoms with van der Waals surface area (Å²) >= 11 is 0. The number of benzene rings is 1. The third-order valence-corrected chi connectivity index (χ3v) is 2.65. The zero-order valence-electron chi connectivity index (χ0n) is 10.1. The van der Waals surface area contributed by atoms with Gasteiger partial charge >= 0.3 is 5.97 Å². The van der Waals surface area contributed by atoms with Crippen LogP contribution in [0, 0.1) is 5.82 Å². The average Bonchev–Trinajstić information content (AvgIpc) is 2.28. The molecule has 0 aliphatic carbocycles. The number of ether oxygens (including phenoxy) is 1. The van der Waals surface area contributed by atoms with Crippen molar-refractivity contribution in [2.24, 2.45) is 0 Å². The standard InChI is InChI=1S/C12H16FNO3/c1-4-14-12(2,11(15)16)10-8(13)6-5-7-9(10)17-3/h5-7,14H,4H2,1-3H3,(H,15,16). The highest BCUT2D eigenvalue weighted by Crippen LogP contribution is 2.32. The molecule has 0 heterocycles. The predicted molar refractivity (Wildman–Crippen MR) is 61.6 cm³/mol. The number of methoxy groups -OCH3 is 1. The van der Waals surface area contributed by atoms with E-state index in [1.807, 2.05) is 0 Å². The van der Waals surface area contributed by atoms with E-state index in [-0.39, 0.29) is 11.3 Å². The minimum Gasteiger partial charge on any atom is -0.496 e. The molecular formula is C12H16FNO3. The molecule has 0 aliphatic rings. The Morgan fingerprint density at radius 2 is 2.24 bits per heavy atom. The highest BCUT2D eigenvalue weighted by Gasteiger charge is 2.39. The third-order valence-electron chi connectivity index (χ3n) is 2.65. The van der Waals surface area contributed by atoms with Crippen LogP contribution >= 0.6 is 0 Å². The molecule has 1 rings (SSSR count). The molecular weight excluding hydrogens is 225 g/mol. The Balaban J connectivity index is 3.42. The number of halogens is 1. The van der Waals surface area contributed by atoms with Crippen LogP contribution in [-0.4, -0.2) is 24.7 Å². The monoisotopic (exact) mass is 241 g/mol. The number of likely N-dealkylation sites (N-methyl/N-ethyl adjacent to an activating group) is 1. The van der Waals surface area contributed by atoms with Crippen molar-refractivity contribution < 1.29 is 19.0 Å². The molecule has 0 saturated carbocycles. The van der Waals surface area contributed by atoms with Crippen LogP contribution in [0.2, 0.25) is 0 Å². The van der Waals surface area contributed by atoms with Crippen LogP contribution in [0.4, 0.5) is 4.39 Å². The maximum Gasteiger partial charge on any atom is 0.328 e. The molecule has 5 heteroatoms. The summed E-state index contributed by atoms with van der Waals surface area (Å²) in [6.07, 6.45) is 0. The van der Waals surface area contributed by atoms with Gasteiger partial charge in [0.15, 0.2) is 0 Å². The highest BCUT2D eigenvalue weighted by atomic mass is 19.1. The highest BCUT2D eigenvalue weighted by molar-refractivity contribution is 5.81. The molecule has 1 aromatic carbocycles. The van der Waals surface area contributed by atoms with Crippen LogP contribution in [0.15, 0.2) is 18.2 Å². The Kier molecular flexibility index (Phi) is 4.07. The lowest BCUT2D eigenvalue weighted by Crippen LogP contribution is -2.47. The van der Waals surface area contributed by atoms with E-state index in [0.29, 0.717) is 6.54 Å². The fourth-order valence-electron chi connectivity index (χ4n) is 1.78. The van der Waals surface area contributed by atoms with Gasteiger partial charge < -0.3 is 9.84 Å². The Morgan fingerprint density at radius 1 is 1.59 bits per heavy atom. The Labute approximate surface area is 99.4 Å². The van der Waals surface area contributed by atoms with E-state index in [2.05, 4.69) is 5.32 Å². The molecule has 0 aliphatic heterocycles. The minimum atomic E-state index is -1.51. The average molecular weight is 241 g/mol. The summed E-state index contributed by atoms with van der Waals surface area (Å²) in [6.45, 7) is 3.58. The maximum atomic E-state index is 13.8. The normalized spacial score (nSPS) is 14.1. The topological polar surface area (TPSA) is 58.6 Å². The van der Waals surface area contributed by atoms with E-state index in [4.69, 9.17) is 4.74 Å². The van der Waals surface area contributed by atoms with Gasteiger partial charge in [0.25, 0.3) is 0 Å². The fraction of sp³-hybridized carbons (Fsp3) is 0.417. The summed E-state index contributed by atoms with van der Waals surface area (Å²) in [5, 5.41) is 12.0. The van der Waals surface area contributed by atoms with Gasteiger partial charge in [-0.25, -0.2) is 9.18 Å². The van der Waals surface area contributed by atoms with Gasteiger partial charge in [0.2, 0.25) is 0 Å². The lowest BCUT2D eigenvalue weighted by atomic mass is 9.90. The summed E-state index contributed by atoms with van der Waals surface area (Å²) < 4.78 is 18.9. The summed E-state index contributed by atoms with van der Waals surface area (Å²) in [4.78, 5) is 11.3. The second-order valence-electron chi connectivity index (χ2n) is 3.78. The molecule has 0 aromatic heterocycles. The van der Waals surface area contributed by atoms with Crippen LogP contribution in [-0.2, 0) is 10.3 Å². The Bertz CT molecular complexity index is 422. The molecule has 0 spiro atoms. The molecule has 2 N–H and O–H groups in total. The number of carboxylic acid groups (broad SMARTS) is 1. The summed E-state index contributed by atoms with van der Waals surface area (Å²) in [5.74, 6) is -1.53. The Hall–Kier alpha value is -1.62. The zero-order valence-corrected chi connectivity index (χ0v) is 10.1. The molecule has 1 unspecified atom stereocenters. The molecule has 1 aromatic rings. The van der Waals surface area contributed by atoms with Crippen molar-refractivity contribution in [2.45, 2.75) is 19.4 Å². The van der Waals surface area contributed by atoms with Gasteiger partial charge in [-0.3, -0.25) is 5.32 Å². The molecule has 0 saturated heterocycles. The fourth-order valence-corrected chi connectivity index (χ4v) is 1.78. The van der Waals surface area contributed by atoms with Crippen LogP contribution in [0.5, 0.6) is 5.75 Å². The van der Waals surface area contributed by atoms with Gasteiger partial charge in [0, 0.05) is 0 Å². The number of rotatable bonds is 5. The van der Waals surface area contributed by atoms with Crippen molar-refractivity contribution in [1.29, 1.82) is 0 Å². The first-order valence-electron chi connectivity index (χ1n) is 5.28. The van der Waals surface area contributed by atoms with E-state index in [1.54, 1.807) is 6.92 Å². The quantitative estimate of drug-likeness (QED) is 0.824. The molecule has 0 fully saturated rings. The zero-order chi connectivity index (χ0) is 13.1. The second kappa shape index (κ2) is 5.14. The van der Waals surface area contributed by atoms with Crippen molar-refractivity contribution >= 4 is 5.97 Å². The number of carboxylic acids is 1. The van der Waals surface area contributed by atoms with E-state index in [9.17, 15) is 14.3 Å². The molecule has 0 radical (unpaired) electrons. The largest absolute Gasteiger partial charge is 0.496 e. The van der Waals surface area contributed by atoms with Crippen molar-refractivity contribution in [3.8, 4) is 5.75 Å². The number of carbonyl (C=O) groups is 1. The predicted octanol–water partition coefficient (Wildman–Crippen LogP) is 1.74. The van der Waals surface area contributed by atoms with Crippen LogP contribution in [0.3, 0.4) is 0 Å². The smallest absolute Gasteiger partial charge is 0.328 e.